The Labute approximate surface area is 116 Å². The minimum atomic E-state index is -0.503. The van der Waals surface area contributed by atoms with Crippen LogP contribution in [0.3, 0.4) is 0 Å². The van der Waals surface area contributed by atoms with E-state index in [0.29, 0.717) is 5.02 Å². The second-order valence-corrected chi connectivity index (χ2v) is 4.20. The van der Waals surface area contributed by atoms with Gasteiger partial charge in [0.05, 0.1) is 12.7 Å². The first kappa shape index (κ1) is 13.1. The highest BCUT2D eigenvalue weighted by Gasteiger charge is 2.13. The van der Waals surface area contributed by atoms with Crippen molar-refractivity contribution in [1.29, 1.82) is 0 Å². The summed E-state index contributed by atoms with van der Waals surface area (Å²) in [7, 11) is 1.30. The van der Waals surface area contributed by atoms with Gasteiger partial charge in [0.25, 0.3) is 0 Å². The van der Waals surface area contributed by atoms with Crippen LogP contribution in [0.5, 0.6) is 0 Å². The van der Waals surface area contributed by atoms with E-state index in [1.807, 2.05) is 12.1 Å². The highest BCUT2D eigenvalue weighted by atomic mass is 35.5. The van der Waals surface area contributed by atoms with Crippen LogP contribution >= 0.6 is 11.6 Å². The molecule has 1 aromatic carbocycles. The highest BCUT2D eigenvalue weighted by Crippen LogP contribution is 2.23. The van der Waals surface area contributed by atoms with Crippen LogP contribution in [0.2, 0.25) is 5.02 Å². The average molecular weight is 272 g/mol. The topological polar surface area (TPSA) is 39.2 Å². The van der Waals surface area contributed by atoms with Gasteiger partial charge in [-0.2, -0.15) is 0 Å². The lowest BCUT2D eigenvalue weighted by atomic mass is 10.0. The molecular weight excluding hydrogens is 262 g/mol. The van der Waals surface area contributed by atoms with Gasteiger partial charge in [0, 0.05) is 16.8 Å². The Kier molecular flexibility index (Phi) is 3.84. The third-order valence-corrected chi connectivity index (χ3v) is 2.86. The number of aromatic nitrogens is 1. The fraction of sp³-hybridized carbons (Fsp3) is 0.0667. The number of carbonyl (C=O) groups excluding carboxylic acids is 1. The van der Waals surface area contributed by atoms with E-state index in [1.165, 1.54) is 7.11 Å². The predicted molar refractivity (Wildman–Crippen MR) is 74.0 cm³/mol. The number of nitrogens with zero attached hydrogens (tertiary/aromatic N) is 1. The Bertz CT molecular complexity index is 657. The molecule has 0 aliphatic rings. The zero-order valence-corrected chi connectivity index (χ0v) is 10.9. The molecule has 1 heterocycles. The summed E-state index contributed by atoms with van der Waals surface area (Å²) in [4.78, 5) is 15.7. The van der Waals surface area contributed by atoms with Gasteiger partial charge in [-0.3, -0.25) is 0 Å². The molecule has 2 rings (SSSR count). The number of hydrogen-bond donors (Lipinski definition) is 0. The fourth-order valence-corrected chi connectivity index (χ4v) is 1.77. The van der Waals surface area contributed by atoms with Gasteiger partial charge in [-0.05, 0) is 29.7 Å². The molecule has 0 N–H and O–H groups in total. The third-order valence-electron chi connectivity index (χ3n) is 2.61. The number of carbonyl (C=O) groups is 1. The van der Waals surface area contributed by atoms with E-state index in [2.05, 4.69) is 10.9 Å². The van der Waals surface area contributed by atoms with Gasteiger partial charge in [-0.25, -0.2) is 9.78 Å². The number of ether oxygens (including phenoxy) is 1. The lowest BCUT2D eigenvalue weighted by Gasteiger charge is -2.06. The molecule has 0 unspecified atom stereocenters. The first-order valence-corrected chi connectivity index (χ1v) is 5.84. The summed E-state index contributed by atoms with van der Waals surface area (Å²) in [6.07, 6.45) is 6.93. The van der Waals surface area contributed by atoms with E-state index in [1.54, 1.807) is 24.4 Å². The molecule has 0 aliphatic heterocycles. The van der Waals surface area contributed by atoms with E-state index >= 15 is 0 Å². The summed E-state index contributed by atoms with van der Waals surface area (Å²) < 4.78 is 4.69. The second kappa shape index (κ2) is 5.55. The van der Waals surface area contributed by atoms with E-state index in [-0.39, 0.29) is 11.3 Å². The SMILES string of the molecule is C#Cc1ncc(-c2ccc(Cl)cc2)cc1C(=O)OC. The van der Waals surface area contributed by atoms with Gasteiger partial charge in [0.1, 0.15) is 5.69 Å². The van der Waals surface area contributed by atoms with Crippen LogP contribution in [-0.2, 0) is 4.74 Å². The smallest absolute Gasteiger partial charge is 0.340 e. The largest absolute Gasteiger partial charge is 0.465 e. The van der Waals surface area contributed by atoms with Crippen molar-refractivity contribution in [3.05, 3.63) is 52.8 Å². The summed E-state index contributed by atoms with van der Waals surface area (Å²) in [5, 5.41) is 0.644. The van der Waals surface area contributed by atoms with Crippen molar-refractivity contribution >= 4 is 17.6 Å². The number of rotatable bonds is 2. The maximum atomic E-state index is 11.7. The number of terminal acetylenes is 1. The van der Waals surface area contributed by atoms with Crippen molar-refractivity contribution in [2.45, 2.75) is 0 Å². The first-order chi connectivity index (χ1) is 9.15. The fourth-order valence-electron chi connectivity index (χ4n) is 1.65. The standard InChI is InChI=1S/C15H10ClNO2/c1-3-14-13(15(18)19-2)8-11(9-17-14)10-4-6-12(16)7-5-10/h1,4-9H,2H3. The van der Waals surface area contributed by atoms with Crippen molar-refractivity contribution in [2.24, 2.45) is 0 Å². The van der Waals surface area contributed by atoms with E-state index in [9.17, 15) is 4.79 Å². The van der Waals surface area contributed by atoms with Gasteiger partial charge in [-0.1, -0.05) is 23.7 Å². The predicted octanol–water partition coefficient (Wildman–Crippen LogP) is 3.17. The number of pyridine rings is 1. The second-order valence-electron chi connectivity index (χ2n) is 3.76. The lowest BCUT2D eigenvalue weighted by Crippen LogP contribution is -2.06. The van der Waals surface area contributed by atoms with Crippen molar-refractivity contribution in [3.8, 4) is 23.5 Å². The van der Waals surface area contributed by atoms with E-state index in [4.69, 9.17) is 22.8 Å². The van der Waals surface area contributed by atoms with Crippen LogP contribution in [0.1, 0.15) is 16.1 Å². The number of halogens is 1. The number of benzene rings is 1. The molecule has 0 aliphatic carbocycles. The summed E-state index contributed by atoms with van der Waals surface area (Å²) >= 11 is 5.83. The molecular formula is C15H10ClNO2. The molecule has 2 aromatic rings. The maximum absolute atomic E-state index is 11.7. The summed E-state index contributed by atoms with van der Waals surface area (Å²) in [5.41, 5.74) is 2.21. The number of methoxy groups -OCH3 is 1. The Morgan fingerprint density at radius 3 is 2.58 bits per heavy atom. The molecule has 19 heavy (non-hydrogen) atoms. The quantitative estimate of drug-likeness (QED) is 0.622. The van der Waals surface area contributed by atoms with E-state index in [0.717, 1.165) is 11.1 Å². The Hall–Kier alpha value is -2.31. The maximum Gasteiger partial charge on any atom is 0.340 e. The van der Waals surface area contributed by atoms with Crippen molar-refractivity contribution < 1.29 is 9.53 Å². The zero-order chi connectivity index (χ0) is 13.8. The molecule has 94 valence electrons. The van der Waals surface area contributed by atoms with Crippen LogP contribution in [0.4, 0.5) is 0 Å². The molecule has 0 amide bonds. The minimum absolute atomic E-state index is 0.268. The first-order valence-electron chi connectivity index (χ1n) is 5.46. The van der Waals surface area contributed by atoms with Gasteiger partial charge in [0.15, 0.2) is 0 Å². The van der Waals surface area contributed by atoms with Crippen LogP contribution < -0.4 is 0 Å². The van der Waals surface area contributed by atoms with Crippen molar-refractivity contribution in [2.75, 3.05) is 7.11 Å². The van der Waals surface area contributed by atoms with Crippen LogP contribution in [0, 0.1) is 12.3 Å². The molecule has 3 nitrogen and oxygen atoms in total. The highest BCUT2D eigenvalue weighted by molar-refractivity contribution is 6.30. The lowest BCUT2D eigenvalue weighted by molar-refractivity contribution is 0.0600. The van der Waals surface area contributed by atoms with Crippen molar-refractivity contribution in [1.82, 2.24) is 4.98 Å². The summed E-state index contributed by atoms with van der Waals surface area (Å²) in [6, 6.07) is 8.89. The minimum Gasteiger partial charge on any atom is -0.465 e. The van der Waals surface area contributed by atoms with E-state index < -0.39 is 5.97 Å². The Morgan fingerprint density at radius 2 is 2.00 bits per heavy atom. The molecule has 0 radical (unpaired) electrons. The van der Waals surface area contributed by atoms with Gasteiger partial charge >= 0.3 is 5.97 Å². The summed E-state index contributed by atoms with van der Waals surface area (Å²) in [5.74, 6) is 1.86. The number of hydrogen-bond acceptors (Lipinski definition) is 3. The third kappa shape index (κ3) is 2.75. The van der Waals surface area contributed by atoms with Gasteiger partial charge in [0.2, 0.25) is 0 Å². The zero-order valence-electron chi connectivity index (χ0n) is 10.2. The molecule has 0 atom stereocenters. The van der Waals surface area contributed by atoms with Crippen LogP contribution in [-0.4, -0.2) is 18.1 Å². The Morgan fingerprint density at radius 1 is 1.32 bits per heavy atom. The molecule has 0 bridgehead atoms. The molecule has 4 heteroatoms. The molecule has 0 spiro atoms. The molecule has 1 aromatic heterocycles. The Balaban J connectivity index is 2.52. The van der Waals surface area contributed by atoms with Gasteiger partial charge in [-0.15, -0.1) is 6.42 Å². The van der Waals surface area contributed by atoms with Crippen molar-refractivity contribution in [3.63, 3.8) is 0 Å². The molecule has 0 fully saturated rings. The van der Waals surface area contributed by atoms with Crippen LogP contribution in [0.25, 0.3) is 11.1 Å². The molecule has 0 saturated heterocycles. The average Bonchev–Trinajstić information content (AvgIpc) is 2.46. The van der Waals surface area contributed by atoms with Gasteiger partial charge < -0.3 is 4.74 Å². The molecule has 0 saturated carbocycles. The van der Waals surface area contributed by atoms with Crippen LogP contribution in [0.15, 0.2) is 36.5 Å². The normalized spacial score (nSPS) is 9.74. The monoisotopic (exact) mass is 271 g/mol. The number of esters is 1. The summed E-state index contributed by atoms with van der Waals surface area (Å²) in [6.45, 7) is 0.